The van der Waals surface area contributed by atoms with Crippen molar-refractivity contribution in [2.45, 2.75) is 19.3 Å². The van der Waals surface area contributed by atoms with E-state index in [9.17, 15) is 9.90 Å². The zero-order chi connectivity index (χ0) is 18.9. The molecule has 27 heavy (non-hydrogen) atoms. The summed E-state index contributed by atoms with van der Waals surface area (Å²) >= 11 is 0. The lowest BCUT2D eigenvalue weighted by molar-refractivity contribution is -0.132. The summed E-state index contributed by atoms with van der Waals surface area (Å²) in [6, 6.07) is 20.8. The van der Waals surface area contributed by atoms with Gasteiger partial charge in [-0.1, -0.05) is 60.7 Å². The Hall–Kier alpha value is -2.17. The molecule has 2 aromatic carbocycles. The molecule has 0 bridgehead atoms. The van der Waals surface area contributed by atoms with Gasteiger partial charge in [0.1, 0.15) is 0 Å². The highest BCUT2D eigenvalue weighted by atomic mass is 16.3. The Balaban J connectivity index is 1.68. The van der Waals surface area contributed by atoms with E-state index < -0.39 is 0 Å². The maximum atomic E-state index is 13.0. The van der Waals surface area contributed by atoms with Crippen LogP contribution in [0.5, 0.6) is 0 Å². The molecule has 2 N–H and O–H groups in total. The Morgan fingerprint density at radius 1 is 1.04 bits per heavy atom. The van der Waals surface area contributed by atoms with Crippen molar-refractivity contribution in [1.29, 1.82) is 0 Å². The molecule has 0 aromatic heterocycles. The smallest absolute Gasteiger partial charge is 0.222 e. The van der Waals surface area contributed by atoms with E-state index in [4.69, 9.17) is 0 Å². The summed E-state index contributed by atoms with van der Waals surface area (Å²) in [7, 11) is 0. The maximum absolute atomic E-state index is 13.0. The molecule has 2 aromatic rings. The third kappa shape index (κ3) is 6.19. The number of nitrogens with zero attached hydrogens (tertiary/aromatic N) is 1. The average molecular weight is 367 g/mol. The molecule has 4 nitrogen and oxygen atoms in total. The summed E-state index contributed by atoms with van der Waals surface area (Å²) in [5.41, 5.74) is 2.55. The van der Waals surface area contributed by atoms with Crippen LogP contribution in [0.1, 0.15) is 17.5 Å². The lowest BCUT2D eigenvalue weighted by Crippen LogP contribution is -2.38. The van der Waals surface area contributed by atoms with Crippen molar-refractivity contribution in [1.82, 2.24) is 10.2 Å². The summed E-state index contributed by atoms with van der Waals surface area (Å²) in [5, 5.41) is 12.8. The Kier molecular flexibility index (Phi) is 7.43. The van der Waals surface area contributed by atoms with Crippen molar-refractivity contribution < 1.29 is 9.90 Å². The highest BCUT2D eigenvalue weighted by Gasteiger charge is 2.24. The first-order chi connectivity index (χ1) is 13.2. The SMILES string of the molecule is O=C(CC(Cc1ccccc1)Cc1ccccc1)N1CCNCC(CO)C1. The number of carbonyl (C=O) groups excluding carboxylic acids is 1. The van der Waals surface area contributed by atoms with Gasteiger partial charge in [-0.15, -0.1) is 0 Å². The number of hydrogen-bond acceptors (Lipinski definition) is 3. The zero-order valence-corrected chi connectivity index (χ0v) is 15.9. The first kappa shape index (κ1) is 19.6. The van der Waals surface area contributed by atoms with Crippen molar-refractivity contribution in [2.24, 2.45) is 11.8 Å². The van der Waals surface area contributed by atoms with Crippen molar-refractivity contribution in [3.63, 3.8) is 0 Å². The lowest BCUT2D eigenvalue weighted by Gasteiger charge is -2.26. The van der Waals surface area contributed by atoms with Crippen LogP contribution in [0.2, 0.25) is 0 Å². The Bertz CT molecular complexity index is 649. The summed E-state index contributed by atoms with van der Waals surface area (Å²) in [5.74, 6) is 0.596. The highest BCUT2D eigenvalue weighted by Crippen LogP contribution is 2.20. The van der Waals surface area contributed by atoms with E-state index in [1.54, 1.807) is 0 Å². The second-order valence-electron chi connectivity index (χ2n) is 7.54. The van der Waals surface area contributed by atoms with E-state index in [1.807, 2.05) is 17.0 Å². The van der Waals surface area contributed by atoms with E-state index in [0.29, 0.717) is 13.0 Å². The van der Waals surface area contributed by atoms with Crippen LogP contribution in [0.4, 0.5) is 0 Å². The quantitative estimate of drug-likeness (QED) is 0.792. The van der Waals surface area contributed by atoms with E-state index in [1.165, 1.54) is 11.1 Å². The molecule has 0 spiro atoms. The molecule has 0 aliphatic carbocycles. The van der Waals surface area contributed by atoms with Gasteiger partial charge >= 0.3 is 0 Å². The Labute approximate surface area is 162 Å². The lowest BCUT2D eigenvalue weighted by atomic mass is 9.89. The van der Waals surface area contributed by atoms with Crippen LogP contribution in [0, 0.1) is 11.8 Å². The molecular weight excluding hydrogens is 336 g/mol. The van der Waals surface area contributed by atoms with Crippen molar-refractivity contribution >= 4 is 5.91 Å². The van der Waals surface area contributed by atoms with Crippen LogP contribution in [-0.4, -0.2) is 48.7 Å². The minimum atomic E-state index is 0.119. The predicted molar refractivity (Wildman–Crippen MR) is 108 cm³/mol. The fourth-order valence-electron chi connectivity index (χ4n) is 3.82. The van der Waals surface area contributed by atoms with Gasteiger partial charge < -0.3 is 15.3 Å². The van der Waals surface area contributed by atoms with Crippen molar-refractivity contribution in [3.05, 3.63) is 71.8 Å². The minimum Gasteiger partial charge on any atom is -0.396 e. The van der Waals surface area contributed by atoms with Crippen LogP contribution >= 0.6 is 0 Å². The average Bonchev–Trinajstić information content (AvgIpc) is 2.95. The topological polar surface area (TPSA) is 52.6 Å². The largest absolute Gasteiger partial charge is 0.396 e. The normalized spacial score (nSPS) is 17.7. The van der Waals surface area contributed by atoms with Gasteiger partial charge in [-0.3, -0.25) is 4.79 Å². The number of aliphatic hydroxyl groups is 1. The molecule has 144 valence electrons. The first-order valence-electron chi connectivity index (χ1n) is 9.92. The summed E-state index contributed by atoms with van der Waals surface area (Å²) < 4.78 is 0. The molecule has 1 aliphatic rings. The third-order valence-corrected chi connectivity index (χ3v) is 5.28. The standard InChI is InChI=1S/C23H30N2O2/c26-18-22-16-24-11-12-25(17-22)23(27)15-21(13-19-7-3-1-4-8-19)14-20-9-5-2-6-10-20/h1-10,21-22,24,26H,11-18H2. The number of aliphatic hydroxyl groups excluding tert-OH is 1. The molecule has 1 saturated heterocycles. The highest BCUT2D eigenvalue weighted by molar-refractivity contribution is 5.76. The number of rotatable bonds is 7. The maximum Gasteiger partial charge on any atom is 0.222 e. The van der Waals surface area contributed by atoms with Gasteiger partial charge in [-0.2, -0.15) is 0 Å². The van der Waals surface area contributed by atoms with E-state index >= 15 is 0 Å². The van der Waals surface area contributed by atoms with Gasteiger partial charge in [0, 0.05) is 45.1 Å². The second-order valence-corrected chi connectivity index (χ2v) is 7.54. The van der Waals surface area contributed by atoms with Crippen LogP contribution in [0.3, 0.4) is 0 Å². The third-order valence-electron chi connectivity index (χ3n) is 5.28. The van der Waals surface area contributed by atoms with E-state index in [2.05, 4.69) is 53.8 Å². The van der Waals surface area contributed by atoms with Gasteiger partial charge in [-0.05, 0) is 29.9 Å². The number of hydrogen-bond donors (Lipinski definition) is 2. The number of benzene rings is 2. The predicted octanol–water partition coefficient (Wildman–Crippen LogP) is 2.52. The van der Waals surface area contributed by atoms with Crippen LogP contribution < -0.4 is 5.32 Å². The fraction of sp³-hybridized carbons (Fsp3) is 0.435. The van der Waals surface area contributed by atoms with Gasteiger partial charge in [0.2, 0.25) is 5.91 Å². The minimum absolute atomic E-state index is 0.119. The molecule has 1 fully saturated rings. The molecule has 0 radical (unpaired) electrons. The van der Waals surface area contributed by atoms with Crippen LogP contribution in [-0.2, 0) is 17.6 Å². The molecule has 1 heterocycles. The molecule has 1 atom stereocenters. The molecule has 0 saturated carbocycles. The summed E-state index contributed by atoms with van der Waals surface area (Å²) in [6.07, 6.45) is 2.34. The first-order valence-corrected chi connectivity index (χ1v) is 9.92. The fourth-order valence-corrected chi connectivity index (χ4v) is 3.82. The van der Waals surface area contributed by atoms with Gasteiger partial charge in [0.15, 0.2) is 0 Å². The van der Waals surface area contributed by atoms with Crippen LogP contribution in [0.15, 0.2) is 60.7 Å². The molecule has 4 heteroatoms. The number of nitrogens with one attached hydrogen (secondary N) is 1. The monoisotopic (exact) mass is 366 g/mol. The van der Waals surface area contributed by atoms with E-state index in [0.717, 1.165) is 32.5 Å². The summed E-state index contributed by atoms with van der Waals surface area (Å²) in [4.78, 5) is 15.0. The molecule has 1 unspecified atom stereocenters. The molecular formula is C23H30N2O2. The number of amides is 1. The molecule has 1 aliphatic heterocycles. The molecule has 3 rings (SSSR count). The van der Waals surface area contributed by atoms with E-state index in [-0.39, 0.29) is 24.3 Å². The second kappa shape index (κ2) is 10.2. The Morgan fingerprint density at radius 3 is 2.19 bits per heavy atom. The number of carbonyl (C=O) groups is 1. The van der Waals surface area contributed by atoms with Crippen molar-refractivity contribution in [2.75, 3.05) is 32.8 Å². The van der Waals surface area contributed by atoms with Gasteiger partial charge in [0.25, 0.3) is 0 Å². The summed E-state index contributed by atoms with van der Waals surface area (Å²) in [6.45, 7) is 3.06. The zero-order valence-electron chi connectivity index (χ0n) is 15.9. The Morgan fingerprint density at radius 2 is 1.63 bits per heavy atom. The van der Waals surface area contributed by atoms with Crippen molar-refractivity contribution in [3.8, 4) is 0 Å². The molecule has 1 amide bonds. The van der Waals surface area contributed by atoms with Gasteiger partial charge in [-0.25, -0.2) is 0 Å². The van der Waals surface area contributed by atoms with Gasteiger partial charge in [0.05, 0.1) is 0 Å². The van der Waals surface area contributed by atoms with Crippen LogP contribution in [0.25, 0.3) is 0 Å².